The maximum Gasteiger partial charge on any atom is 0.321 e. The molecule has 0 unspecified atom stereocenters. The lowest BCUT2D eigenvalue weighted by Crippen LogP contribution is -2.29. The number of fused-ring (bicyclic) bond motifs is 5. The Hall–Kier alpha value is -4.88. The van der Waals surface area contributed by atoms with E-state index in [2.05, 4.69) is 24.1 Å². The third kappa shape index (κ3) is 5.98. The van der Waals surface area contributed by atoms with Gasteiger partial charge in [0, 0.05) is 52.9 Å². The van der Waals surface area contributed by atoms with Gasteiger partial charge in [-0.1, -0.05) is 26.5 Å². The van der Waals surface area contributed by atoms with Crippen LogP contribution >= 0.6 is 0 Å². The molecule has 8 bridgehead atoms. The van der Waals surface area contributed by atoms with Crippen molar-refractivity contribution in [2.75, 3.05) is 19.4 Å². The molecule has 0 spiro atoms. The number of rotatable bonds is 9. The predicted molar refractivity (Wildman–Crippen MR) is 192 cm³/mol. The largest absolute Gasteiger partial charge is 0.510 e. The fraction of sp³-hybridized carbons (Fsp3) is 0.378. The average molecular weight is 700 g/mol. The Bertz CT molecular complexity index is 2110. The summed E-state index contributed by atoms with van der Waals surface area (Å²) >= 11 is 0. The molecule has 1 aliphatic carbocycles. The topological polar surface area (TPSA) is 179 Å². The quantitative estimate of drug-likeness (QED) is 0.191. The number of esters is 1. The third-order valence-corrected chi connectivity index (χ3v) is 10.9. The second-order valence-electron chi connectivity index (χ2n) is 13.1. The summed E-state index contributed by atoms with van der Waals surface area (Å²) in [5.74, 6) is -3.48. The molecule has 1 saturated heterocycles. The van der Waals surface area contributed by atoms with Gasteiger partial charge in [-0.25, -0.2) is 15.0 Å². The lowest BCUT2D eigenvalue weighted by Gasteiger charge is -2.20. The molecule has 262 valence electrons. The van der Waals surface area contributed by atoms with E-state index in [9.17, 15) is 23.1 Å². The minimum atomic E-state index is -4.23. The van der Waals surface area contributed by atoms with Crippen molar-refractivity contribution < 1.29 is 32.4 Å². The van der Waals surface area contributed by atoms with Crippen molar-refractivity contribution in [2.45, 2.75) is 53.9 Å². The molecule has 13 heteroatoms. The number of nitrogens with zero attached hydrogens (tertiary/aromatic N) is 3. The smallest absolute Gasteiger partial charge is 0.321 e. The number of aliphatic hydroxyl groups excluding tert-OH is 1. The Labute approximate surface area is 291 Å². The van der Waals surface area contributed by atoms with Crippen molar-refractivity contribution in [1.29, 1.82) is 0 Å². The molecular weight excluding hydrogens is 659 g/mol. The minimum Gasteiger partial charge on any atom is -0.510 e. The van der Waals surface area contributed by atoms with Crippen molar-refractivity contribution in [1.82, 2.24) is 10.6 Å². The van der Waals surface area contributed by atoms with E-state index in [0.29, 0.717) is 40.2 Å². The molecule has 5 heterocycles. The number of amides is 1. The summed E-state index contributed by atoms with van der Waals surface area (Å²) in [5.41, 5.74) is 11.1. The summed E-state index contributed by atoms with van der Waals surface area (Å²) < 4.78 is 36.6. The first kappa shape index (κ1) is 35.0. The van der Waals surface area contributed by atoms with Crippen LogP contribution in [0.5, 0.6) is 0 Å². The standard InChI is InChI=1S/C37H41N5O7S/c1-8-21-17(3)24-14-26-19(5)23(10-11-30(43)38-12-13-50(46,47)48)34(41-26)32-33(37(45)49-7)36(44)31-20(6)27(42-35(31)32)16-29-22(9-2)18(4)25(40-29)15-28(21)39-24/h8,14-16,19,23,33,41,44H,1,9-13H2,2-7H3,(H,38,43)(H,46,47,48)/t19-,23-,33+/m0/s1. The van der Waals surface area contributed by atoms with E-state index < -0.39 is 27.8 Å². The van der Waals surface area contributed by atoms with Crippen LogP contribution in [-0.4, -0.2) is 66.5 Å². The molecule has 0 radical (unpaired) electrons. The Morgan fingerprint density at radius 1 is 1.06 bits per heavy atom. The minimum absolute atomic E-state index is 0.0292. The van der Waals surface area contributed by atoms with E-state index in [1.54, 1.807) is 6.08 Å². The molecule has 0 saturated carbocycles. The molecule has 50 heavy (non-hydrogen) atoms. The molecule has 6 rings (SSSR count). The highest BCUT2D eigenvalue weighted by Gasteiger charge is 2.49. The maximum absolute atomic E-state index is 13.4. The zero-order valence-electron chi connectivity index (χ0n) is 29.0. The highest BCUT2D eigenvalue weighted by molar-refractivity contribution is 7.85. The number of methoxy groups -OCH3 is 1. The normalized spacial score (nSPS) is 24.3. The van der Waals surface area contributed by atoms with Crippen LogP contribution in [0.1, 0.15) is 53.9 Å². The molecule has 12 nitrogen and oxygen atoms in total. The molecule has 1 fully saturated rings. The zero-order valence-corrected chi connectivity index (χ0v) is 29.8. The number of ether oxygens (including phenoxy) is 1. The van der Waals surface area contributed by atoms with Crippen molar-refractivity contribution >= 4 is 39.1 Å². The molecule has 6 aliphatic rings. The van der Waals surface area contributed by atoms with Gasteiger partial charge in [0.2, 0.25) is 5.91 Å². The van der Waals surface area contributed by atoms with Gasteiger partial charge >= 0.3 is 5.97 Å². The Morgan fingerprint density at radius 2 is 1.76 bits per heavy atom. The van der Waals surface area contributed by atoms with E-state index in [4.69, 9.17) is 24.3 Å². The molecule has 1 amide bonds. The van der Waals surface area contributed by atoms with E-state index in [0.717, 1.165) is 57.2 Å². The van der Waals surface area contributed by atoms with Gasteiger partial charge in [-0.15, -0.1) is 0 Å². The van der Waals surface area contributed by atoms with Crippen LogP contribution in [0, 0.1) is 17.8 Å². The highest BCUT2D eigenvalue weighted by atomic mass is 32.2. The van der Waals surface area contributed by atoms with Gasteiger partial charge in [0.05, 0.1) is 47.1 Å². The number of nitrogens with one attached hydrogen (secondary N) is 2. The highest BCUT2D eigenvalue weighted by Crippen LogP contribution is 2.49. The van der Waals surface area contributed by atoms with Crippen LogP contribution in [0.3, 0.4) is 0 Å². The Balaban J connectivity index is 1.55. The van der Waals surface area contributed by atoms with Gasteiger partial charge in [0.25, 0.3) is 10.1 Å². The summed E-state index contributed by atoms with van der Waals surface area (Å²) in [6, 6.07) is 0. The van der Waals surface area contributed by atoms with Gasteiger partial charge < -0.3 is 20.5 Å². The Kier molecular flexibility index (Phi) is 9.16. The zero-order chi connectivity index (χ0) is 36.2. The maximum atomic E-state index is 13.4. The van der Waals surface area contributed by atoms with Gasteiger partial charge in [0.1, 0.15) is 11.7 Å². The summed E-state index contributed by atoms with van der Waals surface area (Å²) in [6.07, 6.45) is 8.73. The summed E-state index contributed by atoms with van der Waals surface area (Å²) in [5, 5.41) is 17.8. The number of aliphatic hydroxyl groups is 1. The van der Waals surface area contributed by atoms with Crippen LogP contribution in [0.15, 0.2) is 119 Å². The van der Waals surface area contributed by atoms with Crippen LogP contribution in [0.25, 0.3) is 0 Å². The molecular formula is C37H41N5O7S. The van der Waals surface area contributed by atoms with Crippen molar-refractivity contribution in [3.8, 4) is 0 Å². The monoisotopic (exact) mass is 699 g/mol. The van der Waals surface area contributed by atoms with Gasteiger partial charge in [-0.05, 0) is 74.1 Å². The second kappa shape index (κ2) is 13.1. The number of aliphatic imine (C=N–C) groups is 3. The summed E-state index contributed by atoms with van der Waals surface area (Å²) in [7, 11) is -2.96. The van der Waals surface area contributed by atoms with Gasteiger partial charge in [0.15, 0.2) is 0 Å². The number of carbonyl (C=O) groups excluding carboxylic acids is 2. The van der Waals surface area contributed by atoms with E-state index in [1.807, 2.05) is 45.9 Å². The lowest BCUT2D eigenvalue weighted by molar-refractivity contribution is -0.143. The number of carbonyl (C=O) groups is 2. The van der Waals surface area contributed by atoms with E-state index >= 15 is 0 Å². The fourth-order valence-electron chi connectivity index (χ4n) is 7.47. The first-order valence-electron chi connectivity index (χ1n) is 16.6. The van der Waals surface area contributed by atoms with Crippen molar-refractivity contribution in [3.63, 3.8) is 0 Å². The SMILES string of the molecule is C=CC1=C(C)C2=NC1=CC1=NC(=CC3=C(C)C4=C(O)[C@H](C(=O)OC)C(=C5NC(=C2)[C@@H](C)[C@@H]5CCC(=O)NCCS(=O)(=O)O)C4=N3)C(CC)=C1C. The first-order valence-corrected chi connectivity index (χ1v) is 18.2. The number of hydrogen-bond donors (Lipinski definition) is 4. The fourth-order valence-corrected chi connectivity index (χ4v) is 7.83. The number of hydrogen-bond acceptors (Lipinski definition) is 10. The van der Waals surface area contributed by atoms with Crippen molar-refractivity contribution in [3.05, 3.63) is 104 Å². The van der Waals surface area contributed by atoms with Crippen LogP contribution < -0.4 is 10.6 Å². The van der Waals surface area contributed by atoms with Crippen LogP contribution in [0.4, 0.5) is 0 Å². The second-order valence-corrected chi connectivity index (χ2v) is 14.6. The molecule has 0 aromatic heterocycles. The lowest BCUT2D eigenvalue weighted by atomic mass is 9.84. The summed E-state index contributed by atoms with van der Waals surface area (Å²) in [4.78, 5) is 41.3. The predicted octanol–water partition coefficient (Wildman–Crippen LogP) is 5.03. The number of allylic oxidation sites excluding steroid dienone is 11. The van der Waals surface area contributed by atoms with Crippen LogP contribution in [0.2, 0.25) is 0 Å². The van der Waals surface area contributed by atoms with E-state index in [-0.39, 0.29) is 36.5 Å². The van der Waals surface area contributed by atoms with Crippen LogP contribution in [-0.2, 0) is 24.4 Å². The first-order chi connectivity index (χ1) is 23.7. The Morgan fingerprint density at radius 3 is 2.42 bits per heavy atom. The molecule has 3 atom stereocenters. The van der Waals surface area contributed by atoms with E-state index in [1.165, 1.54) is 7.11 Å². The van der Waals surface area contributed by atoms with Crippen molar-refractivity contribution in [2.24, 2.45) is 32.7 Å². The third-order valence-electron chi connectivity index (χ3n) is 10.2. The summed E-state index contributed by atoms with van der Waals surface area (Å²) in [6.45, 7) is 13.8. The average Bonchev–Trinajstić information content (AvgIpc) is 3.80. The molecule has 5 aliphatic heterocycles. The van der Waals surface area contributed by atoms with Gasteiger partial charge in [-0.3, -0.25) is 14.1 Å². The molecule has 4 N–H and O–H groups in total. The molecule has 0 aromatic carbocycles. The van der Waals surface area contributed by atoms with Gasteiger partial charge in [-0.2, -0.15) is 8.42 Å². The molecule has 0 aromatic rings.